The Bertz CT molecular complexity index is 4990. The van der Waals surface area contributed by atoms with Crippen LogP contribution in [0.2, 0.25) is 0 Å². The zero-order chi connectivity index (χ0) is 65.1. The van der Waals surface area contributed by atoms with E-state index < -0.39 is 16.1 Å². The van der Waals surface area contributed by atoms with E-state index in [1.807, 2.05) is 0 Å². The van der Waals surface area contributed by atoms with Crippen LogP contribution in [0.15, 0.2) is 398 Å². The molecule has 4 nitrogen and oxygen atoms in total. The number of hydrogen-bond donors (Lipinski definition) is 2. The Morgan fingerprint density at radius 1 is 0.289 bits per heavy atom. The van der Waals surface area contributed by atoms with Crippen LogP contribution in [0, 0.1) is 5.41 Å². The number of anilines is 2. The normalized spacial score (nSPS) is 13.0. The topological polar surface area (TPSA) is 44.4 Å². The molecule has 0 aliphatic heterocycles. The van der Waals surface area contributed by atoms with E-state index in [4.69, 9.17) is 0 Å². The van der Waals surface area contributed by atoms with Gasteiger partial charge >= 0.3 is 0 Å². The molecule has 0 saturated heterocycles. The van der Waals surface area contributed by atoms with Crippen LogP contribution in [0.5, 0.6) is 0 Å². The maximum absolute atomic E-state index is 10.2. The Morgan fingerprint density at radius 2 is 0.598 bits per heavy atom. The molecule has 16 rings (SSSR count). The van der Waals surface area contributed by atoms with Crippen molar-refractivity contribution in [1.82, 2.24) is 4.57 Å². The summed E-state index contributed by atoms with van der Waals surface area (Å²) in [5.41, 5.74) is 15.1. The molecule has 1 aliphatic carbocycles. The number of thiol groups is 1. The minimum absolute atomic E-state index is 0.263. The SMILES string of the molecule is N=C1C(N(c2ccc(-c3ccc([Si](c4ccccc4)(c4ccccc4)c4ccccc4)cc3)cc2)c2ccc(-c3ccc([Si](c4ccccc4)(c4ccccc4)c4ccccc4)cc3)cc2)=CC=C(c2ccc3c(c2)c2ccccc2n3-c2ccc(-c3ccccc3)cc2)C1=NS. The Balaban J connectivity index is 0.779. The molecule has 1 heterocycles. The van der Waals surface area contributed by atoms with Crippen molar-refractivity contribution in [1.29, 1.82) is 5.41 Å². The number of benzene rings is 14. The van der Waals surface area contributed by atoms with E-state index in [9.17, 15) is 5.41 Å². The van der Waals surface area contributed by atoms with Crippen LogP contribution in [-0.4, -0.2) is 32.1 Å². The lowest BCUT2D eigenvalue weighted by Crippen LogP contribution is -2.74. The standard InChI is InChI=1S/C90H66N4SSi2/c91-89-88(63-61-83(90(89)92-95)71-50-62-87-85(64-71)84-38-22-23-39-86(84)94(87)74-55-44-66(45-56-74)65-24-8-1-9-25-65)93(72-51-40-67(41-52-72)69-46-57-81(58-47-69)96(75-26-10-2-11-27-75,76-28-12-3-13-29-76)77-30-14-4-15-31-77)73-53-42-68(43-54-73)70-48-59-82(60-49-70)97(78-32-16-5-17-33-78,79-34-18-6-19-35-79)80-36-20-7-21-37-80/h1-64,91,95H. The smallest absolute Gasteiger partial charge is 0.179 e. The van der Waals surface area contributed by atoms with Crippen LogP contribution in [0.3, 0.4) is 0 Å². The number of fused-ring (bicyclic) bond motifs is 3. The molecule has 1 aromatic heterocycles. The molecule has 0 unspecified atom stereocenters. The number of allylic oxidation sites excluding steroid dienone is 4. The van der Waals surface area contributed by atoms with Crippen molar-refractivity contribution in [3.05, 3.63) is 400 Å². The largest absolute Gasteiger partial charge is 0.309 e. The Morgan fingerprint density at radius 3 is 0.990 bits per heavy atom. The summed E-state index contributed by atoms with van der Waals surface area (Å²) in [4.78, 5) is 2.19. The van der Waals surface area contributed by atoms with Crippen molar-refractivity contribution >= 4 is 121 Å². The van der Waals surface area contributed by atoms with Gasteiger partial charge in [-0.05, 0) is 160 Å². The molecule has 0 radical (unpaired) electrons. The summed E-state index contributed by atoms with van der Waals surface area (Å²) in [5.74, 6) is 0. The third kappa shape index (κ3) is 10.9. The van der Waals surface area contributed by atoms with Crippen molar-refractivity contribution < 1.29 is 0 Å². The molecule has 0 spiro atoms. The summed E-state index contributed by atoms with van der Waals surface area (Å²) in [6, 6.07) is 137. The number of nitrogens with one attached hydrogen (secondary N) is 1. The highest BCUT2D eigenvalue weighted by Gasteiger charge is 2.43. The molecule has 1 aliphatic rings. The average Bonchev–Trinajstić information content (AvgIpc) is 1.10. The van der Waals surface area contributed by atoms with Crippen molar-refractivity contribution in [3.8, 4) is 39.1 Å². The first kappa shape index (κ1) is 60.2. The van der Waals surface area contributed by atoms with Gasteiger partial charge in [0.05, 0.1) is 16.7 Å². The lowest BCUT2D eigenvalue weighted by atomic mass is 9.90. The molecule has 0 amide bonds. The second-order valence-corrected chi connectivity index (χ2v) is 32.6. The quantitative estimate of drug-likeness (QED) is 0.0431. The zero-order valence-electron chi connectivity index (χ0n) is 53.2. The second kappa shape index (κ2) is 26.2. The summed E-state index contributed by atoms with van der Waals surface area (Å²) < 4.78 is 7.00. The fourth-order valence-corrected chi connectivity index (χ4v) is 24.6. The Kier molecular flexibility index (Phi) is 16.3. The van der Waals surface area contributed by atoms with Crippen molar-refractivity contribution in [2.24, 2.45) is 4.40 Å². The first-order chi connectivity index (χ1) is 48.0. The fraction of sp³-hybridized carbons (Fsp3) is 0. The number of rotatable bonds is 16. The van der Waals surface area contributed by atoms with Gasteiger partial charge in [-0.3, -0.25) is 5.41 Å². The first-order valence-electron chi connectivity index (χ1n) is 33.0. The van der Waals surface area contributed by atoms with Crippen LogP contribution in [0.1, 0.15) is 5.56 Å². The lowest BCUT2D eigenvalue weighted by molar-refractivity contribution is 1.18. The van der Waals surface area contributed by atoms with Gasteiger partial charge in [-0.2, -0.15) is 0 Å². The lowest BCUT2D eigenvalue weighted by Gasteiger charge is -2.34. The van der Waals surface area contributed by atoms with E-state index in [2.05, 4.69) is 415 Å². The number of hydrogen-bond acceptors (Lipinski definition) is 4. The molecular formula is C90H66N4SSi2. The van der Waals surface area contributed by atoms with Gasteiger partial charge in [0.2, 0.25) is 0 Å². The average molecular weight is 1290 g/mol. The minimum atomic E-state index is -2.72. The van der Waals surface area contributed by atoms with E-state index in [0.29, 0.717) is 11.4 Å². The van der Waals surface area contributed by atoms with Crippen molar-refractivity contribution in [2.75, 3.05) is 4.90 Å². The van der Waals surface area contributed by atoms with Crippen LogP contribution in [0.4, 0.5) is 11.4 Å². The molecule has 15 aromatic rings. The molecule has 7 heteroatoms. The van der Waals surface area contributed by atoms with Gasteiger partial charge in [-0.25, -0.2) is 4.40 Å². The molecule has 460 valence electrons. The van der Waals surface area contributed by atoms with Crippen LogP contribution in [0.25, 0.3) is 66.4 Å². The Labute approximate surface area is 574 Å². The van der Waals surface area contributed by atoms with Crippen LogP contribution in [-0.2, 0) is 0 Å². The van der Waals surface area contributed by atoms with Crippen LogP contribution >= 0.6 is 12.8 Å². The van der Waals surface area contributed by atoms with Crippen LogP contribution < -0.4 is 46.4 Å². The predicted molar refractivity (Wildman–Crippen MR) is 420 cm³/mol. The van der Waals surface area contributed by atoms with Gasteiger partial charge < -0.3 is 9.47 Å². The van der Waals surface area contributed by atoms with Crippen molar-refractivity contribution in [2.45, 2.75) is 0 Å². The van der Waals surface area contributed by atoms with E-state index >= 15 is 0 Å². The number of nitrogens with zero attached hydrogens (tertiary/aromatic N) is 3. The van der Waals surface area contributed by atoms with E-state index in [0.717, 1.165) is 72.3 Å². The summed E-state index contributed by atoms with van der Waals surface area (Å²) in [5, 5.41) is 23.2. The summed E-state index contributed by atoms with van der Waals surface area (Å²) >= 11 is 4.68. The monoisotopic (exact) mass is 1290 g/mol. The summed E-state index contributed by atoms with van der Waals surface area (Å²) in [6.07, 6.45) is 4.18. The van der Waals surface area contributed by atoms with Gasteiger partial charge in [0.25, 0.3) is 0 Å². The third-order valence-electron chi connectivity index (χ3n) is 19.5. The van der Waals surface area contributed by atoms with Gasteiger partial charge in [-0.1, -0.05) is 322 Å². The zero-order valence-corrected chi connectivity index (χ0v) is 56.1. The third-order valence-corrected chi connectivity index (χ3v) is 29.3. The molecule has 14 aromatic carbocycles. The molecule has 0 bridgehead atoms. The van der Waals surface area contributed by atoms with Gasteiger partial charge in [-0.15, -0.1) is 0 Å². The number of aromatic nitrogens is 1. The maximum Gasteiger partial charge on any atom is 0.179 e. The molecule has 0 fully saturated rings. The predicted octanol–water partition coefficient (Wildman–Crippen LogP) is 17.0. The highest BCUT2D eigenvalue weighted by molar-refractivity contribution is 7.79. The molecule has 0 saturated carbocycles. The first-order valence-corrected chi connectivity index (χ1v) is 37.4. The number of para-hydroxylation sites is 1. The summed E-state index contributed by atoms with van der Waals surface area (Å²) in [7, 11) is -5.44. The Hall–Kier alpha value is -11.7. The molecular weight excluding hydrogens is 1230 g/mol. The van der Waals surface area contributed by atoms with E-state index in [1.165, 1.54) is 52.6 Å². The maximum atomic E-state index is 10.2. The fourth-order valence-electron chi connectivity index (χ4n) is 14.9. The molecule has 0 atom stereocenters. The van der Waals surface area contributed by atoms with Gasteiger partial charge in [0.15, 0.2) is 16.1 Å². The minimum Gasteiger partial charge on any atom is -0.309 e. The molecule has 97 heavy (non-hydrogen) atoms. The second-order valence-electron chi connectivity index (χ2n) is 24.7. The highest BCUT2D eigenvalue weighted by Crippen LogP contribution is 2.39. The van der Waals surface area contributed by atoms with Gasteiger partial charge in [0, 0.05) is 33.4 Å². The van der Waals surface area contributed by atoms with Gasteiger partial charge in [0.1, 0.15) is 11.4 Å². The van der Waals surface area contributed by atoms with E-state index in [1.54, 1.807) is 0 Å². The van der Waals surface area contributed by atoms with E-state index in [-0.39, 0.29) is 5.71 Å². The molecule has 1 N–H and O–H groups in total. The highest BCUT2D eigenvalue weighted by atomic mass is 32.1. The summed E-state index contributed by atoms with van der Waals surface area (Å²) in [6.45, 7) is 0. The van der Waals surface area contributed by atoms with Crippen molar-refractivity contribution in [3.63, 3.8) is 0 Å².